The Bertz CT molecular complexity index is 601. The van der Waals surface area contributed by atoms with Crippen LogP contribution in [-0.2, 0) is 4.74 Å². The molecule has 2 aromatic rings. The van der Waals surface area contributed by atoms with Crippen LogP contribution in [0.15, 0.2) is 36.4 Å². The second-order valence-corrected chi connectivity index (χ2v) is 3.89. The van der Waals surface area contributed by atoms with Crippen LogP contribution in [0.4, 0.5) is 4.39 Å². The zero-order chi connectivity index (χ0) is 13.8. The number of carbonyl (C=O) groups is 1. The summed E-state index contributed by atoms with van der Waals surface area (Å²) >= 11 is 5.84. The van der Waals surface area contributed by atoms with E-state index in [0.29, 0.717) is 5.75 Å². The average molecular weight is 282 g/mol. The van der Waals surface area contributed by atoms with Gasteiger partial charge in [0.15, 0.2) is 0 Å². The van der Waals surface area contributed by atoms with Crippen LogP contribution in [-0.4, -0.2) is 18.1 Å². The number of rotatable bonds is 3. The van der Waals surface area contributed by atoms with Gasteiger partial charge in [0.1, 0.15) is 16.7 Å². The van der Waals surface area contributed by atoms with Gasteiger partial charge in [0.25, 0.3) is 0 Å². The molecule has 0 radical (unpaired) electrons. The molecule has 1 heterocycles. The number of carbonyl (C=O) groups excluding carboxylic acids is 1. The fourth-order valence-corrected chi connectivity index (χ4v) is 1.58. The molecule has 0 saturated heterocycles. The molecule has 0 aliphatic rings. The lowest BCUT2D eigenvalue weighted by atomic mass is 10.3. The van der Waals surface area contributed by atoms with Crippen molar-refractivity contribution in [2.24, 2.45) is 0 Å². The Hall–Kier alpha value is -2.14. The van der Waals surface area contributed by atoms with Gasteiger partial charge in [-0.05, 0) is 30.3 Å². The first-order valence-electron chi connectivity index (χ1n) is 5.28. The first kappa shape index (κ1) is 13.3. The van der Waals surface area contributed by atoms with Crippen LogP contribution in [0.3, 0.4) is 0 Å². The van der Waals surface area contributed by atoms with Crippen LogP contribution < -0.4 is 4.74 Å². The Morgan fingerprint density at radius 3 is 2.47 bits per heavy atom. The van der Waals surface area contributed by atoms with Crippen molar-refractivity contribution in [3.05, 3.63) is 52.9 Å². The summed E-state index contributed by atoms with van der Waals surface area (Å²) in [6.07, 6.45) is 0. The lowest BCUT2D eigenvalue weighted by Crippen LogP contribution is -2.03. The highest BCUT2D eigenvalue weighted by molar-refractivity contribution is 6.32. The van der Waals surface area contributed by atoms with E-state index in [1.165, 1.54) is 43.5 Å². The highest BCUT2D eigenvalue weighted by Gasteiger charge is 2.13. The summed E-state index contributed by atoms with van der Waals surface area (Å²) in [7, 11) is 1.25. The zero-order valence-electron chi connectivity index (χ0n) is 9.89. The number of hydrogen-bond donors (Lipinski definition) is 0. The fraction of sp³-hybridized carbons (Fsp3) is 0.0769. The lowest BCUT2D eigenvalue weighted by Gasteiger charge is -2.06. The molecule has 0 aliphatic carbocycles. The van der Waals surface area contributed by atoms with Crippen LogP contribution in [0.2, 0.25) is 5.15 Å². The van der Waals surface area contributed by atoms with Crippen LogP contribution in [0.1, 0.15) is 10.4 Å². The molecule has 0 saturated carbocycles. The lowest BCUT2D eigenvalue weighted by molar-refractivity contribution is 0.0600. The van der Waals surface area contributed by atoms with Gasteiger partial charge in [-0.15, -0.1) is 0 Å². The maximum atomic E-state index is 12.7. The molecular weight excluding hydrogens is 273 g/mol. The Morgan fingerprint density at radius 1 is 1.21 bits per heavy atom. The minimum absolute atomic E-state index is 0.0218. The average Bonchev–Trinajstić information content (AvgIpc) is 2.41. The van der Waals surface area contributed by atoms with Crippen LogP contribution in [0, 0.1) is 5.82 Å². The molecule has 98 valence electrons. The second kappa shape index (κ2) is 5.67. The number of halogens is 2. The van der Waals surface area contributed by atoms with Crippen molar-refractivity contribution in [3.63, 3.8) is 0 Å². The van der Waals surface area contributed by atoms with Crippen molar-refractivity contribution in [3.8, 4) is 11.6 Å². The van der Waals surface area contributed by atoms with E-state index in [9.17, 15) is 9.18 Å². The van der Waals surface area contributed by atoms with Gasteiger partial charge in [-0.25, -0.2) is 14.2 Å². The maximum absolute atomic E-state index is 12.7. The van der Waals surface area contributed by atoms with Gasteiger partial charge in [-0.3, -0.25) is 0 Å². The molecule has 1 aromatic heterocycles. The van der Waals surface area contributed by atoms with E-state index in [4.69, 9.17) is 16.3 Å². The third kappa shape index (κ3) is 3.20. The summed E-state index contributed by atoms with van der Waals surface area (Å²) in [5.74, 6) is -0.328. The molecular formula is C13H9ClFNO3. The molecule has 0 amide bonds. The first-order valence-corrected chi connectivity index (χ1v) is 5.66. The molecule has 2 rings (SSSR count). The fourth-order valence-electron chi connectivity index (χ4n) is 1.36. The topological polar surface area (TPSA) is 48.4 Å². The molecule has 1 aromatic carbocycles. The van der Waals surface area contributed by atoms with Crippen molar-refractivity contribution >= 4 is 17.6 Å². The molecule has 0 fully saturated rings. The predicted molar refractivity (Wildman–Crippen MR) is 67.1 cm³/mol. The van der Waals surface area contributed by atoms with E-state index in [1.807, 2.05) is 0 Å². The number of hydrogen-bond acceptors (Lipinski definition) is 4. The number of esters is 1. The molecule has 0 aliphatic heterocycles. The van der Waals surface area contributed by atoms with E-state index < -0.39 is 5.97 Å². The molecule has 6 heteroatoms. The molecule has 0 atom stereocenters. The monoisotopic (exact) mass is 281 g/mol. The number of benzene rings is 1. The summed E-state index contributed by atoms with van der Waals surface area (Å²) in [5.41, 5.74) is 0.149. The SMILES string of the molecule is COC(=O)c1ccc(Oc2ccc(F)cc2)nc1Cl. The van der Waals surface area contributed by atoms with Gasteiger partial charge in [0.05, 0.1) is 12.7 Å². The van der Waals surface area contributed by atoms with Gasteiger partial charge in [-0.1, -0.05) is 11.6 Å². The van der Waals surface area contributed by atoms with E-state index in [-0.39, 0.29) is 22.4 Å². The van der Waals surface area contributed by atoms with E-state index in [0.717, 1.165) is 0 Å². The van der Waals surface area contributed by atoms with Gasteiger partial charge in [0.2, 0.25) is 5.88 Å². The predicted octanol–water partition coefficient (Wildman–Crippen LogP) is 3.45. The highest BCUT2D eigenvalue weighted by Crippen LogP contribution is 2.23. The third-order valence-electron chi connectivity index (χ3n) is 2.26. The Balaban J connectivity index is 2.20. The highest BCUT2D eigenvalue weighted by atomic mass is 35.5. The summed E-state index contributed by atoms with van der Waals surface area (Å²) in [6.45, 7) is 0. The standard InChI is InChI=1S/C13H9ClFNO3/c1-18-13(17)10-6-7-11(16-12(10)14)19-9-4-2-8(15)3-5-9/h2-7H,1H3. The van der Waals surface area contributed by atoms with Gasteiger partial charge < -0.3 is 9.47 Å². The number of pyridine rings is 1. The van der Waals surface area contributed by atoms with Crippen molar-refractivity contribution in [1.82, 2.24) is 4.98 Å². The first-order chi connectivity index (χ1) is 9.10. The van der Waals surface area contributed by atoms with E-state index in [1.54, 1.807) is 0 Å². The number of ether oxygens (including phenoxy) is 2. The Kier molecular flexibility index (Phi) is 3.97. The van der Waals surface area contributed by atoms with Crippen LogP contribution >= 0.6 is 11.6 Å². The van der Waals surface area contributed by atoms with Crippen molar-refractivity contribution in [2.75, 3.05) is 7.11 Å². The van der Waals surface area contributed by atoms with Crippen molar-refractivity contribution in [2.45, 2.75) is 0 Å². The molecule has 4 nitrogen and oxygen atoms in total. The summed E-state index contributed by atoms with van der Waals surface area (Å²) in [5, 5.41) is -0.0218. The van der Waals surface area contributed by atoms with Gasteiger partial charge in [-0.2, -0.15) is 0 Å². The zero-order valence-corrected chi connectivity index (χ0v) is 10.6. The largest absolute Gasteiger partial charge is 0.465 e. The second-order valence-electron chi connectivity index (χ2n) is 3.54. The minimum Gasteiger partial charge on any atom is -0.465 e. The molecule has 0 N–H and O–H groups in total. The van der Waals surface area contributed by atoms with E-state index in [2.05, 4.69) is 9.72 Å². The Labute approximate surface area is 113 Å². The number of aromatic nitrogens is 1. The number of nitrogens with zero attached hydrogens (tertiary/aromatic N) is 1. The molecule has 0 spiro atoms. The number of methoxy groups -OCH3 is 1. The van der Waals surface area contributed by atoms with Gasteiger partial charge in [0, 0.05) is 6.07 Å². The van der Waals surface area contributed by atoms with E-state index >= 15 is 0 Å². The van der Waals surface area contributed by atoms with Crippen LogP contribution in [0.25, 0.3) is 0 Å². The smallest absolute Gasteiger partial charge is 0.341 e. The minimum atomic E-state index is -0.578. The molecule has 19 heavy (non-hydrogen) atoms. The quantitative estimate of drug-likeness (QED) is 0.638. The van der Waals surface area contributed by atoms with Crippen molar-refractivity contribution in [1.29, 1.82) is 0 Å². The van der Waals surface area contributed by atoms with Crippen LogP contribution in [0.5, 0.6) is 11.6 Å². The Morgan fingerprint density at radius 2 is 1.89 bits per heavy atom. The molecule has 0 unspecified atom stereocenters. The molecule has 0 bridgehead atoms. The normalized spacial score (nSPS) is 10.1. The maximum Gasteiger partial charge on any atom is 0.341 e. The van der Waals surface area contributed by atoms with Crippen molar-refractivity contribution < 1.29 is 18.7 Å². The summed E-state index contributed by atoms with van der Waals surface area (Å²) in [4.78, 5) is 15.2. The van der Waals surface area contributed by atoms with Gasteiger partial charge >= 0.3 is 5.97 Å². The summed E-state index contributed by atoms with van der Waals surface area (Å²) in [6, 6.07) is 8.36. The third-order valence-corrected chi connectivity index (χ3v) is 2.55. The summed E-state index contributed by atoms with van der Waals surface area (Å²) < 4.78 is 22.6.